The SMILES string of the molecule is CC1(C)CC(=O)CC(CCC(F)(F)F)(CCC(F)(F)F)N1. The highest BCUT2D eigenvalue weighted by Crippen LogP contribution is 2.38. The summed E-state index contributed by atoms with van der Waals surface area (Å²) in [5, 5.41) is 2.86. The van der Waals surface area contributed by atoms with Crippen LogP contribution in [0.15, 0.2) is 0 Å². The van der Waals surface area contributed by atoms with Crippen LogP contribution in [0.4, 0.5) is 26.3 Å². The van der Waals surface area contributed by atoms with Gasteiger partial charge in [-0.1, -0.05) is 0 Å². The van der Waals surface area contributed by atoms with E-state index in [-0.39, 0.29) is 18.6 Å². The molecule has 1 aliphatic rings. The fourth-order valence-corrected chi connectivity index (χ4v) is 2.93. The van der Waals surface area contributed by atoms with Crippen LogP contribution in [0.3, 0.4) is 0 Å². The van der Waals surface area contributed by atoms with Crippen LogP contribution in [0, 0.1) is 0 Å². The summed E-state index contributed by atoms with van der Waals surface area (Å²) in [5.41, 5.74) is -2.24. The average molecular weight is 319 g/mol. The maximum absolute atomic E-state index is 12.4. The van der Waals surface area contributed by atoms with Gasteiger partial charge in [-0.2, -0.15) is 26.3 Å². The predicted octanol–water partition coefficient (Wildman–Crippen LogP) is 4.14. The molecule has 0 bridgehead atoms. The number of alkyl halides is 6. The number of halogens is 6. The lowest BCUT2D eigenvalue weighted by molar-refractivity contribution is -0.152. The molecule has 0 atom stereocenters. The number of piperidine rings is 1. The van der Waals surface area contributed by atoms with E-state index in [0.29, 0.717) is 0 Å². The summed E-state index contributed by atoms with van der Waals surface area (Å²) in [6, 6.07) is 0. The number of hydrogen-bond acceptors (Lipinski definition) is 2. The second-order valence-electron chi connectivity index (χ2n) is 6.41. The third-order valence-corrected chi connectivity index (χ3v) is 3.55. The molecular formula is C13H19F6NO. The van der Waals surface area contributed by atoms with Gasteiger partial charge < -0.3 is 5.32 Å². The van der Waals surface area contributed by atoms with Crippen LogP contribution in [0.5, 0.6) is 0 Å². The Morgan fingerprint density at radius 1 is 0.952 bits per heavy atom. The Morgan fingerprint density at radius 2 is 1.38 bits per heavy atom. The van der Waals surface area contributed by atoms with E-state index in [1.165, 1.54) is 0 Å². The van der Waals surface area contributed by atoms with Crippen molar-refractivity contribution in [2.75, 3.05) is 0 Å². The third kappa shape index (κ3) is 6.67. The van der Waals surface area contributed by atoms with Gasteiger partial charge >= 0.3 is 12.4 Å². The number of Topliss-reactive ketones (excluding diaryl/α,β-unsaturated/α-hetero) is 1. The van der Waals surface area contributed by atoms with Crippen LogP contribution >= 0.6 is 0 Å². The van der Waals surface area contributed by atoms with Crippen LogP contribution in [0.25, 0.3) is 0 Å². The van der Waals surface area contributed by atoms with Gasteiger partial charge in [0.05, 0.1) is 0 Å². The molecule has 0 aliphatic carbocycles. The Kier molecular flexibility index (Phi) is 5.02. The van der Waals surface area contributed by atoms with Crippen molar-refractivity contribution >= 4 is 5.78 Å². The average Bonchev–Trinajstić information content (AvgIpc) is 2.19. The first-order valence-electron chi connectivity index (χ1n) is 6.67. The van der Waals surface area contributed by atoms with Gasteiger partial charge in [-0.25, -0.2) is 0 Å². The minimum atomic E-state index is -4.46. The van der Waals surface area contributed by atoms with Crippen molar-refractivity contribution in [3.8, 4) is 0 Å². The molecule has 1 heterocycles. The molecule has 0 spiro atoms. The van der Waals surface area contributed by atoms with Gasteiger partial charge in [0.25, 0.3) is 0 Å². The zero-order valence-corrected chi connectivity index (χ0v) is 11.9. The summed E-state index contributed by atoms with van der Waals surface area (Å²) in [7, 11) is 0. The molecule has 0 saturated carbocycles. The summed E-state index contributed by atoms with van der Waals surface area (Å²) in [6.07, 6.45) is -12.6. The second-order valence-corrected chi connectivity index (χ2v) is 6.41. The molecule has 0 unspecified atom stereocenters. The first-order valence-corrected chi connectivity index (χ1v) is 6.67. The van der Waals surface area contributed by atoms with Crippen molar-refractivity contribution in [3.05, 3.63) is 0 Å². The van der Waals surface area contributed by atoms with E-state index in [1.54, 1.807) is 13.8 Å². The number of ketones is 1. The molecule has 1 N–H and O–H groups in total. The Bertz CT molecular complexity index is 367. The Labute approximate surface area is 119 Å². The Balaban J connectivity index is 2.90. The molecule has 21 heavy (non-hydrogen) atoms. The molecule has 8 heteroatoms. The van der Waals surface area contributed by atoms with Crippen LogP contribution in [0.2, 0.25) is 0 Å². The van der Waals surface area contributed by atoms with Crippen LogP contribution < -0.4 is 5.32 Å². The van der Waals surface area contributed by atoms with E-state index in [4.69, 9.17) is 0 Å². The molecule has 0 aromatic heterocycles. The number of rotatable bonds is 4. The molecule has 0 amide bonds. The summed E-state index contributed by atoms with van der Waals surface area (Å²) in [6.45, 7) is 3.22. The fourth-order valence-electron chi connectivity index (χ4n) is 2.93. The maximum Gasteiger partial charge on any atom is 0.389 e. The van der Waals surface area contributed by atoms with Crippen molar-refractivity contribution in [2.24, 2.45) is 0 Å². The minimum absolute atomic E-state index is 0.104. The number of hydrogen-bond donors (Lipinski definition) is 1. The smallest absolute Gasteiger partial charge is 0.305 e. The van der Waals surface area contributed by atoms with Crippen LogP contribution in [-0.4, -0.2) is 29.2 Å². The molecule has 0 aromatic rings. The monoisotopic (exact) mass is 319 g/mol. The molecule has 1 fully saturated rings. The summed E-state index contributed by atoms with van der Waals surface area (Å²) in [4.78, 5) is 11.7. The lowest BCUT2D eigenvalue weighted by Gasteiger charge is -2.46. The molecule has 124 valence electrons. The molecular weight excluding hydrogens is 300 g/mol. The zero-order valence-electron chi connectivity index (χ0n) is 11.9. The van der Waals surface area contributed by atoms with Crippen molar-refractivity contribution in [2.45, 2.75) is 75.8 Å². The topological polar surface area (TPSA) is 29.1 Å². The quantitative estimate of drug-likeness (QED) is 0.789. The predicted molar refractivity (Wildman–Crippen MR) is 64.8 cm³/mol. The van der Waals surface area contributed by atoms with E-state index in [1.807, 2.05) is 0 Å². The van der Waals surface area contributed by atoms with Gasteiger partial charge in [0.15, 0.2) is 0 Å². The number of carbonyl (C=O) groups is 1. The molecule has 1 rings (SSSR count). The van der Waals surface area contributed by atoms with Gasteiger partial charge in [0.2, 0.25) is 0 Å². The normalized spacial score (nSPS) is 22.4. The first kappa shape index (κ1) is 18.3. The van der Waals surface area contributed by atoms with Gasteiger partial charge in [-0.05, 0) is 26.7 Å². The lowest BCUT2D eigenvalue weighted by Crippen LogP contribution is -2.61. The maximum atomic E-state index is 12.4. The van der Waals surface area contributed by atoms with Crippen molar-refractivity contribution in [1.82, 2.24) is 5.32 Å². The summed E-state index contributed by atoms with van der Waals surface area (Å²) in [5.74, 6) is -0.303. The van der Waals surface area contributed by atoms with Gasteiger partial charge in [-0.15, -0.1) is 0 Å². The van der Waals surface area contributed by atoms with Crippen molar-refractivity contribution in [1.29, 1.82) is 0 Å². The highest BCUT2D eigenvalue weighted by molar-refractivity contribution is 5.81. The number of carbonyl (C=O) groups excluding carboxylic acids is 1. The van der Waals surface area contributed by atoms with E-state index in [9.17, 15) is 31.1 Å². The Morgan fingerprint density at radius 3 is 1.71 bits per heavy atom. The van der Waals surface area contributed by atoms with E-state index in [2.05, 4.69) is 5.32 Å². The molecule has 0 aromatic carbocycles. The Hall–Kier alpha value is -0.790. The third-order valence-electron chi connectivity index (χ3n) is 3.55. The number of nitrogens with one attached hydrogen (secondary N) is 1. The van der Waals surface area contributed by atoms with Gasteiger partial charge in [-0.3, -0.25) is 4.79 Å². The van der Waals surface area contributed by atoms with E-state index >= 15 is 0 Å². The van der Waals surface area contributed by atoms with Crippen molar-refractivity contribution in [3.63, 3.8) is 0 Å². The zero-order chi connectivity index (χ0) is 16.5. The molecule has 1 aliphatic heterocycles. The summed E-state index contributed by atoms with van der Waals surface area (Å²) < 4.78 is 74.5. The largest absolute Gasteiger partial charge is 0.389 e. The molecule has 1 saturated heterocycles. The fraction of sp³-hybridized carbons (Fsp3) is 0.923. The van der Waals surface area contributed by atoms with Crippen LogP contribution in [0.1, 0.15) is 52.4 Å². The highest BCUT2D eigenvalue weighted by atomic mass is 19.4. The standard InChI is InChI=1S/C13H19F6NO/c1-10(2)7-9(21)8-11(20-10,3-5-12(14,15)16)4-6-13(17,18)19/h20H,3-8H2,1-2H3. The molecule has 2 nitrogen and oxygen atoms in total. The lowest BCUT2D eigenvalue weighted by atomic mass is 9.75. The highest BCUT2D eigenvalue weighted by Gasteiger charge is 2.46. The second kappa shape index (κ2) is 5.78. The first-order chi connectivity index (χ1) is 9.22. The minimum Gasteiger partial charge on any atom is -0.305 e. The van der Waals surface area contributed by atoms with E-state index < -0.39 is 49.1 Å². The van der Waals surface area contributed by atoms with Crippen molar-refractivity contribution < 1.29 is 31.1 Å². The van der Waals surface area contributed by atoms with Gasteiger partial charge in [0.1, 0.15) is 5.78 Å². The van der Waals surface area contributed by atoms with Crippen LogP contribution in [-0.2, 0) is 4.79 Å². The van der Waals surface area contributed by atoms with E-state index in [0.717, 1.165) is 0 Å². The van der Waals surface area contributed by atoms with Gasteiger partial charge in [0, 0.05) is 36.8 Å². The summed E-state index contributed by atoms with van der Waals surface area (Å²) >= 11 is 0. The molecule has 0 radical (unpaired) electrons.